The molecule has 0 amide bonds. The van der Waals surface area contributed by atoms with Crippen LogP contribution in [0.2, 0.25) is 0 Å². The molecule has 1 N–H and O–H groups in total. The number of hydrogen-bond donors (Lipinski definition) is 1. The first kappa shape index (κ1) is 22.1. The molecule has 5 nitrogen and oxygen atoms in total. The Balaban J connectivity index is 0.00000126. The van der Waals surface area contributed by atoms with Gasteiger partial charge in [0.2, 0.25) is 0 Å². The lowest BCUT2D eigenvalue weighted by Gasteiger charge is -2.15. The maximum atomic E-state index is 13.7. The fourth-order valence-electron chi connectivity index (χ4n) is 3.95. The summed E-state index contributed by atoms with van der Waals surface area (Å²) in [5, 5.41) is 10.3. The molecule has 0 aliphatic carbocycles. The average molecular weight is 438 g/mol. The first-order valence-corrected chi connectivity index (χ1v) is 11.2. The van der Waals surface area contributed by atoms with Crippen molar-refractivity contribution in [3.63, 3.8) is 0 Å². The Morgan fingerprint density at radius 1 is 0.848 bits per heavy atom. The predicted octanol–water partition coefficient (Wildman–Crippen LogP) is 6.20. The lowest BCUT2D eigenvalue weighted by atomic mass is 10.1. The molecule has 5 aromatic rings. The first-order chi connectivity index (χ1) is 16.1. The number of benzene rings is 3. The molecule has 166 valence electrons. The van der Waals surface area contributed by atoms with E-state index in [4.69, 9.17) is 4.98 Å². The van der Waals surface area contributed by atoms with Crippen LogP contribution in [0.25, 0.3) is 27.8 Å². The standard InChI is InChI=1S/C26H21N3O2.C2H6/c1-18(19-8-4-2-5-9-19)29-17-27-25-24(26(29)31)23(20-12-14-22(30)15-13-20)16-28(25)21-10-6-3-7-11-21;1-2/h2-18,30H,1H3;1-2H3. The SMILES string of the molecule is CC.CC(c1ccccc1)n1cnc2c(c(-c3ccc(O)cc3)cn2-c2ccccc2)c1=O. The molecule has 0 radical (unpaired) electrons. The Morgan fingerprint density at radius 3 is 2.09 bits per heavy atom. The van der Waals surface area contributed by atoms with Gasteiger partial charge in [0, 0.05) is 17.4 Å². The van der Waals surface area contributed by atoms with Crippen molar-refractivity contribution in [1.82, 2.24) is 14.1 Å². The van der Waals surface area contributed by atoms with Crippen LogP contribution in [-0.4, -0.2) is 19.2 Å². The van der Waals surface area contributed by atoms with E-state index in [1.165, 1.54) is 0 Å². The van der Waals surface area contributed by atoms with E-state index in [0.29, 0.717) is 11.0 Å². The summed E-state index contributed by atoms with van der Waals surface area (Å²) in [4.78, 5) is 18.4. The maximum absolute atomic E-state index is 13.7. The lowest BCUT2D eigenvalue weighted by Crippen LogP contribution is -2.24. The van der Waals surface area contributed by atoms with Gasteiger partial charge in [-0.1, -0.05) is 74.5 Å². The van der Waals surface area contributed by atoms with E-state index >= 15 is 0 Å². The summed E-state index contributed by atoms with van der Waals surface area (Å²) in [7, 11) is 0. The van der Waals surface area contributed by atoms with Crippen LogP contribution in [0, 0.1) is 0 Å². The second-order valence-corrected chi connectivity index (χ2v) is 7.54. The zero-order valence-electron chi connectivity index (χ0n) is 19.0. The highest BCUT2D eigenvalue weighted by atomic mass is 16.3. The smallest absolute Gasteiger partial charge is 0.264 e. The zero-order valence-corrected chi connectivity index (χ0v) is 19.0. The van der Waals surface area contributed by atoms with Crippen molar-refractivity contribution in [3.8, 4) is 22.6 Å². The van der Waals surface area contributed by atoms with Gasteiger partial charge in [0.1, 0.15) is 12.1 Å². The number of phenolic OH excluding ortho intramolecular Hbond substituents is 1. The number of phenols is 1. The van der Waals surface area contributed by atoms with E-state index < -0.39 is 0 Å². The van der Waals surface area contributed by atoms with Gasteiger partial charge in [-0.25, -0.2) is 4.98 Å². The van der Waals surface area contributed by atoms with E-state index in [0.717, 1.165) is 22.4 Å². The van der Waals surface area contributed by atoms with E-state index in [9.17, 15) is 9.90 Å². The molecule has 0 aliphatic rings. The second-order valence-electron chi connectivity index (χ2n) is 7.54. The Kier molecular flexibility index (Phi) is 6.41. The highest BCUT2D eigenvalue weighted by molar-refractivity contribution is 5.94. The van der Waals surface area contributed by atoms with Gasteiger partial charge in [0.15, 0.2) is 5.65 Å². The molecule has 0 saturated heterocycles. The number of hydrogen-bond acceptors (Lipinski definition) is 3. The van der Waals surface area contributed by atoms with Crippen molar-refractivity contribution < 1.29 is 5.11 Å². The van der Waals surface area contributed by atoms with Gasteiger partial charge in [-0.15, -0.1) is 0 Å². The van der Waals surface area contributed by atoms with Crippen molar-refractivity contribution in [2.24, 2.45) is 0 Å². The molecule has 0 spiro atoms. The van der Waals surface area contributed by atoms with Gasteiger partial charge in [0.25, 0.3) is 5.56 Å². The van der Waals surface area contributed by atoms with Crippen LogP contribution in [0.3, 0.4) is 0 Å². The van der Waals surface area contributed by atoms with Crippen molar-refractivity contribution >= 4 is 11.0 Å². The number of fused-ring (bicyclic) bond motifs is 1. The predicted molar refractivity (Wildman–Crippen MR) is 134 cm³/mol. The van der Waals surface area contributed by atoms with Crippen LogP contribution in [0.5, 0.6) is 5.75 Å². The Hall–Kier alpha value is -4.12. The van der Waals surface area contributed by atoms with Crippen LogP contribution in [-0.2, 0) is 0 Å². The number of nitrogens with zero attached hydrogens (tertiary/aromatic N) is 3. The van der Waals surface area contributed by atoms with Crippen molar-refractivity contribution in [2.45, 2.75) is 26.8 Å². The van der Waals surface area contributed by atoms with Crippen LogP contribution >= 0.6 is 0 Å². The van der Waals surface area contributed by atoms with E-state index in [1.807, 2.05) is 104 Å². The van der Waals surface area contributed by atoms with E-state index in [1.54, 1.807) is 23.0 Å². The van der Waals surface area contributed by atoms with Crippen molar-refractivity contribution in [2.75, 3.05) is 0 Å². The number of aromatic nitrogens is 3. The third-order valence-corrected chi connectivity index (χ3v) is 5.64. The molecular weight excluding hydrogens is 410 g/mol. The summed E-state index contributed by atoms with van der Waals surface area (Å²) in [6.07, 6.45) is 3.57. The summed E-state index contributed by atoms with van der Waals surface area (Å²) in [5.41, 5.74) is 4.11. The van der Waals surface area contributed by atoms with E-state index in [-0.39, 0.29) is 17.4 Å². The third-order valence-electron chi connectivity index (χ3n) is 5.64. The summed E-state index contributed by atoms with van der Waals surface area (Å²) < 4.78 is 3.62. The van der Waals surface area contributed by atoms with Gasteiger partial charge in [-0.2, -0.15) is 0 Å². The molecule has 2 aromatic heterocycles. The minimum Gasteiger partial charge on any atom is -0.508 e. The van der Waals surface area contributed by atoms with Crippen LogP contribution in [0.1, 0.15) is 32.4 Å². The number of aromatic hydroxyl groups is 1. The number of para-hydroxylation sites is 1. The summed E-state index contributed by atoms with van der Waals surface area (Å²) in [5.74, 6) is 0.184. The quantitative estimate of drug-likeness (QED) is 0.364. The Labute approximate surface area is 193 Å². The Bertz CT molecular complexity index is 1400. The van der Waals surface area contributed by atoms with E-state index in [2.05, 4.69) is 0 Å². The topological polar surface area (TPSA) is 60.0 Å². The number of rotatable bonds is 4. The fraction of sp³-hybridized carbons (Fsp3) is 0.143. The zero-order chi connectivity index (χ0) is 23.4. The molecule has 3 aromatic carbocycles. The molecule has 5 rings (SSSR count). The van der Waals surface area contributed by atoms with Crippen LogP contribution in [0.15, 0.2) is 102 Å². The summed E-state index contributed by atoms with van der Waals surface area (Å²) in [6.45, 7) is 6.00. The molecule has 0 aliphatic heterocycles. The maximum Gasteiger partial charge on any atom is 0.264 e. The molecule has 0 fully saturated rings. The molecule has 33 heavy (non-hydrogen) atoms. The average Bonchev–Trinajstić information content (AvgIpc) is 3.27. The fourth-order valence-corrected chi connectivity index (χ4v) is 3.95. The minimum atomic E-state index is -0.154. The molecule has 5 heteroatoms. The van der Waals surface area contributed by atoms with Crippen molar-refractivity contribution in [1.29, 1.82) is 0 Å². The third kappa shape index (κ3) is 4.17. The second kappa shape index (κ2) is 9.57. The normalized spacial score (nSPS) is 11.6. The minimum absolute atomic E-state index is 0.0980. The lowest BCUT2D eigenvalue weighted by molar-refractivity contribution is 0.475. The van der Waals surface area contributed by atoms with Crippen LogP contribution in [0.4, 0.5) is 0 Å². The highest BCUT2D eigenvalue weighted by Crippen LogP contribution is 2.31. The molecular formula is C28H27N3O2. The van der Waals surface area contributed by atoms with Gasteiger partial charge >= 0.3 is 0 Å². The van der Waals surface area contributed by atoms with Gasteiger partial charge < -0.3 is 9.67 Å². The van der Waals surface area contributed by atoms with Crippen molar-refractivity contribution in [3.05, 3.63) is 113 Å². The molecule has 0 saturated carbocycles. The molecule has 2 heterocycles. The summed E-state index contributed by atoms with van der Waals surface area (Å²) >= 11 is 0. The monoisotopic (exact) mass is 437 g/mol. The molecule has 1 atom stereocenters. The van der Waals surface area contributed by atoms with Gasteiger partial charge in [0.05, 0.1) is 11.4 Å². The van der Waals surface area contributed by atoms with Crippen LogP contribution < -0.4 is 5.56 Å². The summed E-state index contributed by atoms with van der Waals surface area (Å²) in [6, 6.07) is 26.5. The van der Waals surface area contributed by atoms with Gasteiger partial charge in [-0.3, -0.25) is 9.36 Å². The highest BCUT2D eigenvalue weighted by Gasteiger charge is 2.19. The Morgan fingerprint density at radius 2 is 1.45 bits per heavy atom. The molecule has 1 unspecified atom stereocenters. The molecule has 0 bridgehead atoms. The first-order valence-electron chi connectivity index (χ1n) is 11.2. The largest absolute Gasteiger partial charge is 0.508 e. The van der Waals surface area contributed by atoms with Gasteiger partial charge in [-0.05, 0) is 42.3 Å².